The summed E-state index contributed by atoms with van der Waals surface area (Å²) in [5.41, 5.74) is 1.94. The Balaban J connectivity index is 0.000000179. The summed E-state index contributed by atoms with van der Waals surface area (Å²) in [6.45, 7) is 36.7. The summed E-state index contributed by atoms with van der Waals surface area (Å²) in [7, 11) is 19.7. The second-order valence-corrected chi connectivity index (χ2v) is 24.9. The Hall–Kier alpha value is 2.93. The van der Waals surface area contributed by atoms with Crippen molar-refractivity contribution in [3.8, 4) is 0 Å². The predicted octanol–water partition coefficient (Wildman–Crippen LogP) is 15.1. The van der Waals surface area contributed by atoms with Crippen molar-refractivity contribution < 1.29 is 41.7 Å². The average Bonchev–Trinajstić information content (AvgIpc) is 3.96. The Labute approximate surface area is 363 Å². The molecule has 20 radical (unpaired) electrons. The first-order valence-electron chi connectivity index (χ1n) is 18.9. The first kappa shape index (κ1) is 49.3. The molecule has 8 rings (SSSR count). The van der Waals surface area contributed by atoms with Crippen LogP contribution in [0.4, 0.5) is 0 Å². The zero-order chi connectivity index (χ0) is 39.7. The number of rotatable bonds is 0. The van der Waals surface area contributed by atoms with E-state index in [1.54, 1.807) is 23.7 Å². The molecule has 0 aliphatic heterocycles. The zero-order valence-corrected chi connectivity index (χ0v) is 42.9. The maximum absolute atomic E-state index is 4.93. The Morgan fingerprint density at radius 2 is 0.635 bits per heavy atom. The molecule has 0 aromatic rings. The first-order valence-corrected chi connectivity index (χ1v) is 31.6. The molecule has 0 saturated heterocycles. The van der Waals surface area contributed by atoms with Crippen LogP contribution >= 0.6 is 34.1 Å². The van der Waals surface area contributed by atoms with E-state index in [0.29, 0.717) is 21.7 Å². The molecule has 0 N–H and O–H groups in total. The maximum atomic E-state index is 4.93. The molecule has 0 aromatic heterocycles. The van der Waals surface area contributed by atoms with Crippen LogP contribution in [0.3, 0.4) is 0 Å². The summed E-state index contributed by atoms with van der Waals surface area (Å²) in [5.74, 6) is 22.9. The first-order chi connectivity index (χ1) is 24.1. The Morgan fingerprint density at radius 1 is 0.423 bits per heavy atom. The van der Waals surface area contributed by atoms with Gasteiger partial charge >= 0.3 is 75.7 Å². The molecule has 8 aliphatic carbocycles. The summed E-state index contributed by atoms with van der Waals surface area (Å²) >= 11 is -1.65. The standard InChI is InChI=1S/2C13H17.2C10H15.4ClH.2Zr/c2*1-12(2)10-7-8-13(12,3)11-6-4-5-9(10)11;2*1-6-7(2)9(4)10(5)8(6)3;;;;;;/h2*4-6,10H,7-8H2,1-3H3;2*1-5H3;4*1H;;/q;;;;;;;;2*+2/p-4. The Bertz CT molecular complexity index is 921. The van der Waals surface area contributed by atoms with E-state index < -0.39 is 41.7 Å². The van der Waals surface area contributed by atoms with Gasteiger partial charge in [-0.05, 0) is 181 Å². The van der Waals surface area contributed by atoms with Crippen LogP contribution in [0.1, 0.15) is 136 Å². The topological polar surface area (TPSA) is 0 Å². The van der Waals surface area contributed by atoms with Crippen molar-refractivity contribution in [2.45, 2.75) is 136 Å². The summed E-state index contributed by atoms with van der Waals surface area (Å²) in [4.78, 5) is 0. The molecule has 0 spiro atoms. The predicted molar refractivity (Wildman–Crippen MR) is 221 cm³/mol. The van der Waals surface area contributed by atoms with Crippen LogP contribution in [-0.4, -0.2) is 0 Å². The van der Waals surface area contributed by atoms with Crippen molar-refractivity contribution in [3.05, 3.63) is 121 Å². The van der Waals surface area contributed by atoms with Gasteiger partial charge in [0.15, 0.2) is 0 Å². The number of halogens is 4. The van der Waals surface area contributed by atoms with E-state index in [2.05, 4.69) is 149 Å². The summed E-state index contributed by atoms with van der Waals surface area (Å²) in [5, 5.41) is 0. The van der Waals surface area contributed by atoms with E-state index >= 15 is 0 Å². The van der Waals surface area contributed by atoms with Gasteiger partial charge in [0, 0.05) is 0 Å². The van der Waals surface area contributed by atoms with Crippen LogP contribution in [0, 0.1) is 155 Å². The molecule has 0 aromatic carbocycles. The van der Waals surface area contributed by atoms with E-state index in [4.69, 9.17) is 34.1 Å². The molecule has 0 nitrogen and oxygen atoms in total. The Morgan fingerprint density at radius 3 is 0.827 bits per heavy atom. The van der Waals surface area contributed by atoms with Crippen LogP contribution < -0.4 is 0 Å². The van der Waals surface area contributed by atoms with Gasteiger partial charge in [0.2, 0.25) is 0 Å². The van der Waals surface area contributed by atoms with Gasteiger partial charge in [0.25, 0.3) is 0 Å². The average molecular weight is 941 g/mol. The van der Waals surface area contributed by atoms with Crippen LogP contribution in [0.25, 0.3) is 0 Å². The molecule has 6 heteroatoms. The molecular formula is C46H64Cl4Zr2. The molecule has 4 bridgehead atoms. The number of hydrogen-bond acceptors (Lipinski definition) is 0. The molecule has 8 saturated carbocycles. The fraction of sp³-hybridized carbons (Fsp3) is 0.565. The van der Waals surface area contributed by atoms with Gasteiger partial charge in [-0.3, -0.25) is 0 Å². The van der Waals surface area contributed by atoms with Crippen molar-refractivity contribution in [3.63, 3.8) is 0 Å². The van der Waals surface area contributed by atoms with Crippen molar-refractivity contribution in [1.82, 2.24) is 0 Å². The number of hydrogen-bond donors (Lipinski definition) is 0. The molecule has 4 unspecified atom stereocenters. The summed E-state index contributed by atoms with van der Waals surface area (Å²) < 4.78 is 0. The van der Waals surface area contributed by atoms with E-state index in [-0.39, 0.29) is 0 Å². The molecule has 4 atom stereocenters. The molecule has 8 aliphatic rings. The minimum absolute atomic E-state index is 0.469. The third kappa shape index (κ3) is 9.14. The van der Waals surface area contributed by atoms with Crippen LogP contribution in [0.5, 0.6) is 0 Å². The molecule has 52 heavy (non-hydrogen) atoms. The van der Waals surface area contributed by atoms with E-state index in [1.165, 1.54) is 84.9 Å². The second-order valence-electron chi connectivity index (χ2n) is 17.5. The molecule has 8 fully saturated rings. The number of fused-ring (bicyclic) bond motifs is 10. The SMILES string of the molecule is CC12CCC([C]3[CH][CH][CH][C]31)C2(C)C.CC12CCC([C]3[CH][CH][CH][C]31)C2(C)C.C[C]1[C](C)[C](C)[C](C)[C]1C.C[C]1[C](C)[C](C)[C](C)[C]1C.[Cl][Zr][Cl].[Cl][Zr][Cl]. The second kappa shape index (κ2) is 20.0. The summed E-state index contributed by atoms with van der Waals surface area (Å²) in [6, 6.07) is 0. The molecule has 0 heterocycles. The van der Waals surface area contributed by atoms with Gasteiger partial charge in [-0.1, -0.05) is 111 Å². The third-order valence-corrected chi connectivity index (χ3v) is 15.7. The van der Waals surface area contributed by atoms with E-state index in [1.807, 2.05) is 0 Å². The zero-order valence-electron chi connectivity index (χ0n) is 35.0. The normalized spacial score (nSPS) is 35.8. The van der Waals surface area contributed by atoms with Crippen molar-refractivity contribution in [2.75, 3.05) is 0 Å². The van der Waals surface area contributed by atoms with Gasteiger partial charge in [-0.25, -0.2) is 0 Å². The fourth-order valence-electron chi connectivity index (χ4n) is 10.3. The van der Waals surface area contributed by atoms with Crippen LogP contribution in [-0.2, 0) is 41.7 Å². The fourth-order valence-corrected chi connectivity index (χ4v) is 10.3. The molecule has 0 amide bonds. The van der Waals surface area contributed by atoms with Gasteiger partial charge in [-0.2, -0.15) is 0 Å². The Kier molecular flexibility index (Phi) is 18.9. The van der Waals surface area contributed by atoms with E-state index in [9.17, 15) is 0 Å². The van der Waals surface area contributed by atoms with Crippen molar-refractivity contribution in [1.29, 1.82) is 0 Å². The monoisotopic (exact) mass is 936 g/mol. The van der Waals surface area contributed by atoms with Gasteiger partial charge in [0.05, 0.1) is 0 Å². The third-order valence-electron chi connectivity index (χ3n) is 15.7. The van der Waals surface area contributed by atoms with Gasteiger partial charge in [0.1, 0.15) is 0 Å². The van der Waals surface area contributed by atoms with Crippen LogP contribution in [0.2, 0.25) is 0 Å². The van der Waals surface area contributed by atoms with Crippen molar-refractivity contribution in [2.24, 2.45) is 33.5 Å². The van der Waals surface area contributed by atoms with Crippen LogP contribution in [0.15, 0.2) is 0 Å². The van der Waals surface area contributed by atoms with Crippen molar-refractivity contribution >= 4 is 34.1 Å². The summed E-state index contributed by atoms with van der Waals surface area (Å²) in [6.07, 6.45) is 19.4. The quantitative estimate of drug-likeness (QED) is 0.227. The van der Waals surface area contributed by atoms with E-state index in [0.717, 1.165) is 11.8 Å². The molecule has 284 valence electrons. The molecular weight excluding hydrogens is 877 g/mol. The van der Waals surface area contributed by atoms with Gasteiger partial charge in [-0.15, -0.1) is 0 Å². The van der Waals surface area contributed by atoms with Gasteiger partial charge < -0.3 is 0 Å². The minimum atomic E-state index is -0.826.